The fourth-order valence-corrected chi connectivity index (χ4v) is 5.02. The first-order valence-corrected chi connectivity index (χ1v) is 12.9. The molecular weight excluding hydrogens is 543 g/mol. The molecule has 3 aromatic rings. The Morgan fingerprint density at radius 2 is 1.75 bits per heavy atom. The highest BCUT2D eigenvalue weighted by Gasteiger charge is 2.34. The number of nitrogens with zero attached hydrogens (tertiary/aromatic N) is 2. The largest absolute Gasteiger partial charge is 0.486 e. The average Bonchev–Trinajstić information content (AvgIpc) is 3.19. The van der Waals surface area contributed by atoms with Gasteiger partial charge in [0.15, 0.2) is 22.4 Å². The third-order valence-electron chi connectivity index (χ3n) is 5.37. The van der Waals surface area contributed by atoms with Crippen molar-refractivity contribution in [3.05, 3.63) is 92.6 Å². The van der Waals surface area contributed by atoms with E-state index in [-0.39, 0.29) is 28.2 Å². The number of hydrogen-bond acceptors (Lipinski definition) is 6. The quantitative estimate of drug-likeness (QED) is 0.255. The molecule has 0 spiro atoms. The number of Topliss-reactive ketones (excluding diaryl/α,β-unsaturated/α-hetero) is 1. The van der Waals surface area contributed by atoms with Gasteiger partial charge in [0.2, 0.25) is 0 Å². The smallest absolute Gasteiger partial charge is 0.283 e. The van der Waals surface area contributed by atoms with Crippen molar-refractivity contribution in [3.63, 3.8) is 0 Å². The van der Waals surface area contributed by atoms with Crippen LogP contribution in [0.15, 0.2) is 71.4 Å². The van der Waals surface area contributed by atoms with Gasteiger partial charge >= 0.3 is 0 Å². The minimum absolute atomic E-state index is 0.0364. The fraction of sp³-hybridized carbons (Fsp3) is 0.115. The lowest BCUT2D eigenvalue weighted by Gasteiger charge is -2.20. The summed E-state index contributed by atoms with van der Waals surface area (Å²) in [6, 6.07) is 17.1. The highest BCUT2D eigenvalue weighted by Crippen LogP contribution is 2.38. The van der Waals surface area contributed by atoms with E-state index in [1.54, 1.807) is 66.7 Å². The number of anilines is 1. The van der Waals surface area contributed by atoms with Gasteiger partial charge in [0.25, 0.3) is 5.91 Å². The molecule has 5 rings (SSSR count). The van der Waals surface area contributed by atoms with Crippen molar-refractivity contribution >= 4 is 75.2 Å². The van der Waals surface area contributed by atoms with Crippen LogP contribution >= 0.6 is 46.6 Å². The van der Waals surface area contributed by atoms with E-state index >= 15 is 0 Å². The first kappa shape index (κ1) is 24.7. The summed E-state index contributed by atoms with van der Waals surface area (Å²) in [6.07, 6.45) is 1.65. The molecule has 2 aliphatic rings. The van der Waals surface area contributed by atoms with Gasteiger partial charge < -0.3 is 9.47 Å². The lowest BCUT2D eigenvalue weighted by Crippen LogP contribution is -2.31. The molecule has 0 fully saturated rings. The van der Waals surface area contributed by atoms with E-state index in [1.807, 2.05) is 0 Å². The van der Waals surface area contributed by atoms with Gasteiger partial charge in [-0.3, -0.25) is 14.5 Å². The van der Waals surface area contributed by atoms with Crippen LogP contribution in [-0.2, 0) is 4.79 Å². The summed E-state index contributed by atoms with van der Waals surface area (Å²) in [4.78, 5) is 32.3. The van der Waals surface area contributed by atoms with E-state index in [9.17, 15) is 9.59 Å². The lowest BCUT2D eigenvalue weighted by atomic mass is 10.1. The van der Waals surface area contributed by atoms with Gasteiger partial charge in [-0.05, 0) is 54.1 Å². The summed E-state index contributed by atoms with van der Waals surface area (Å²) in [6.45, 7) is 0.897. The lowest BCUT2D eigenvalue weighted by molar-refractivity contribution is -0.113. The number of amidine groups is 1. The molecule has 0 N–H and O–H groups in total. The fourth-order valence-electron chi connectivity index (χ4n) is 3.62. The Bertz CT molecular complexity index is 1420. The summed E-state index contributed by atoms with van der Waals surface area (Å²) in [5, 5.41) is 1.41. The van der Waals surface area contributed by atoms with E-state index in [4.69, 9.17) is 44.3 Å². The molecule has 0 aromatic heterocycles. The second-order valence-electron chi connectivity index (χ2n) is 7.76. The molecule has 2 heterocycles. The Labute approximate surface area is 226 Å². The molecule has 0 saturated heterocycles. The van der Waals surface area contributed by atoms with Crippen LogP contribution in [0.25, 0.3) is 6.08 Å². The van der Waals surface area contributed by atoms with Crippen LogP contribution in [0.4, 0.5) is 5.69 Å². The minimum atomic E-state index is -0.386. The normalized spacial score (nSPS) is 15.9. The first-order chi connectivity index (χ1) is 17.4. The van der Waals surface area contributed by atoms with E-state index in [0.717, 1.165) is 17.3 Å². The van der Waals surface area contributed by atoms with E-state index in [1.165, 1.54) is 4.90 Å². The van der Waals surface area contributed by atoms with Gasteiger partial charge in [-0.1, -0.05) is 64.8 Å². The number of ether oxygens (including phenoxy) is 2. The SMILES string of the molecule is O=C(CSC1=N/C(=C\c2ccc(Cl)cc2)C(=O)N1c1cccc(Cl)c1Cl)c1ccc2c(c1)OCCO2. The number of thioether (sulfide) groups is 1. The van der Waals surface area contributed by atoms with E-state index in [0.29, 0.717) is 51.2 Å². The highest BCUT2D eigenvalue weighted by atomic mass is 35.5. The predicted molar refractivity (Wildman–Crippen MR) is 145 cm³/mol. The molecule has 6 nitrogen and oxygen atoms in total. The topological polar surface area (TPSA) is 68.2 Å². The van der Waals surface area contributed by atoms with Crippen LogP contribution < -0.4 is 14.4 Å². The Morgan fingerprint density at radius 1 is 1.00 bits per heavy atom. The van der Waals surface area contributed by atoms with E-state index in [2.05, 4.69) is 4.99 Å². The van der Waals surface area contributed by atoms with Crippen LogP contribution in [-0.4, -0.2) is 35.8 Å². The molecule has 0 atom stereocenters. The summed E-state index contributed by atoms with van der Waals surface area (Å²) < 4.78 is 11.1. The van der Waals surface area contributed by atoms with Gasteiger partial charge in [-0.15, -0.1) is 0 Å². The van der Waals surface area contributed by atoms with Crippen LogP contribution in [0.5, 0.6) is 11.5 Å². The van der Waals surface area contributed by atoms with Crippen molar-refractivity contribution in [2.24, 2.45) is 4.99 Å². The number of ketones is 1. The Kier molecular flexibility index (Phi) is 7.25. The number of fused-ring (bicyclic) bond motifs is 1. The highest BCUT2D eigenvalue weighted by molar-refractivity contribution is 8.14. The maximum atomic E-state index is 13.4. The molecule has 0 bridgehead atoms. The number of aliphatic imine (C=N–C) groups is 1. The summed E-state index contributed by atoms with van der Waals surface area (Å²) in [7, 11) is 0. The summed E-state index contributed by atoms with van der Waals surface area (Å²) >= 11 is 19.8. The van der Waals surface area contributed by atoms with Crippen LogP contribution in [0.3, 0.4) is 0 Å². The predicted octanol–water partition coefficient (Wildman–Crippen LogP) is 6.78. The second kappa shape index (κ2) is 10.6. The van der Waals surface area contributed by atoms with Gasteiger partial charge in [-0.25, -0.2) is 4.99 Å². The maximum absolute atomic E-state index is 13.4. The van der Waals surface area contributed by atoms with Crippen molar-refractivity contribution in [2.45, 2.75) is 0 Å². The standard InChI is InChI=1S/C26H17Cl3N2O4S/c27-17-7-4-15(5-8-17)12-19-25(33)31(20-3-1-2-18(28)24(20)29)26(30-19)36-14-21(32)16-6-9-22-23(13-16)35-11-10-34-22/h1-9,12-13H,10-11,14H2/b19-12-. The first-order valence-electron chi connectivity index (χ1n) is 10.8. The van der Waals surface area contributed by atoms with Gasteiger partial charge in [0.05, 0.1) is 21.5 Å². The molecule has 0 saturated carbocycles. The number of benzene rings is 3. The molecule has 182 valence electrons. The molecule has 0 radical (unpaired) electrons. The van der Waals surface area contributed by atoms with Crippen LogP contribution in [0.1, 0.15) is 15.9 Å². The monoisotopic (exact) mass is 558 g/mol. The zero-order chi connectivity index (χ0) is 25.2. The zero-order valence-electron chi connectivity index (χ0n) is 18.5. The number of carbonyl (C=O) groups is 2. The molecule has 0 unspecified atom stereocenters. The van der Waals surface area contributed by atoms with E-state index < -0.39 is 0 Å². The molecule has 2 aliphatic heterocycles. The van der Waals surface area contributed by atoms with Crippen LogP contribution in [0.2, 0.25) is 15.1 Å². The van der Waals surface area contributed by atoms with Gasteiger partial charge in [0, 0.05) is 10.6 Å². The number of rotatable bonds is 5. The molecule has 1 amide bonds. The van der Waals surface area contributed by atoms with Gasteiger partial charge in [0.1, 0.15) is 18.9 Å². The minimum Gasteiger partial charge on any atom is -0.486 e. The Morgan fingerprint density at radius 3 is 2.53 bits per heavy atom. The summed E-state index contributed by atoms with van der Waals surface area (Å²) in [5.74, 6) is 0.637. The molecular formula is C26H17Cl3N2O4S. The van der Waals surface area contributed by atoms with Crippen LogP contribution in [0, 0.1) is 0 Å². The number of hydrogen-bond donors (Lipinski definition) is 0. The Balaban J connectivity index is 1.43. The maximum Gasteiger partial charge on any atom is 0.283 e. The average molecular weight is 560 g/mol. The zero-order valence-corrected chi connectivity index (χ0v) is 21.6. The molecule has 10 heteroatoms. The molecule has 3 aromatic carbocycles. The molecule has 0 aliphatic carbocycles. The van der Waals surface area contributed by atoms with Crippen molar-refractivity contribution in [1.29, 1.82) is 0 Å². The van der Waals surface area contributed by atoms with Crippen molar-refractivity contribution < 1.29 is 19.1 Å². The Hall–Kier alpha value is -2.97. The number of carbonyl (C=O) groups excluding carboxylic acids is 2. The summed E-state index contributed by atoms with van der Waals surface area (Å²) in [5.41, 5.74) is 1.80. The third kappa shape index (κ3) is 5.11. The number of halogens is 3. The third-order valence-corrected chi connectivity index (χ3v) is 7.37. The van der Waals surface area contributed by atoms with Crippen molar-refractivity contribution in [1.82, 2.24) is 0 Å². The van der Waals surface area contributed by atoms with Gasteiger partial charge in [-0.2, -0.15) is 0 Å². The van der Waals surface area contributed by atoms with Crippen molar-refractivity contribution in [2.75, 3.05) is 23.9 Å². The van der Waals surface area contributed by atoms with Crippen molar-refractivity contribution in [3.8, 4) is 11.5 Å². The number of amides is 1. The molecule has 36 heavy (non-hydrogen) atoms. The second-order valence-corrected chi connectivity index (χ2v) is 9.92.